The molecule has 0 saturated heterocycles. The van der Waals surface area contributed by atoms with E-state index in [0.717, 1.165) is 18.4 Å². The van der Waals surface area contributed by atoms with Crippen LogP contribution in [0.3, 0.4) is 0 Å². The Kier molecular flexibility index (Phi) is 7.56. The van der Waals surface area contributed by atoms with Gasteiger partial charge in [0.05, 0.1) is 17.7 Å². The molecular formula is C18H25ClO4. The quantitative estimate of drug-likeness (QED) is 0.693. The number of carbonyl (C=O) groups excluding carboxylic acids is 1. The fourth-order valence-corrected chi connectivity index (χ4v) is 2.95. The summed E-state index contributed by atoms with van der Waals surface area (Å²) < 4.78 is 5.01. The third-order valence-electron chi connectivity index (χ3n) is 3.73. The molecule has 0 bridgehead atoms. The van der Waals surface area contributed by atoms with Gasteiger partial charge in [0, 0.05) is 5.02 Å². The van der Waals surface area contributed by atoms with Crippen molar-refractivity contribution in [3.05, 3.63) is 33.3 Å². The Morgan fingerprint density at radius 2 is 1.96 bits per heavy atom. The van der Waals surface area contributed by atoms with E-state index in [1.807, 2.05) is 6.92 Å². The van der Waals surface area contributed by atoms with Crippen LogP contribution in [0.2, 0.25) is 5.02 Å². The van der Waals surface area contributed by atoms with Crippen LogP contribution in [0.4, 0.5) is 0 Å². The first kappa shape index (κ1) is 19.5. The number of halogens is 1. The van der Waals surface area contributed by atoms with Crippen LogP contribution in [0.5, 0.6) is 0 Å². The summed E-state index contributed by atoms with van der Waals surface area (Å²) in [7, 11) is 0. The number of carboxylic acids is 1. The summed E-state index contributed by atoms with van der Waals surface area (Å²) in [6.45, 7) is 8.05. The van der Waals surface area contributed by atoms with E-state index in [-0.39, 0.29) is 17.7 Å². The predicted molar refractivity (Wildman–Crippen MR) is 91.5 cm³/mol. The molecule has 0 aliphatic carbocycles. The van der Waals surface area contributed by atoms with Crippen molar-refractivity contribution in [2.24, 2.45) is 5.92 Å². The minimum Gasteiger partial charge on any atom is -0.478 e. The molecule has 0 aliphatic heterocycles. The molecule has 0 fully saturated rings. The number of carbonyl (C=O) groups is 2. The van der Waals surface area contributed by atoms with E-state index >= 15 is 0 Å². The fourth-order valence-electron chi connectivity index (χ4n) is 2.57. The van der Waals surface area contributed by atoms with E-state index in [9.17, 15) is 14.7 Å². The maximum Gasteiger partial charge on any atom is 0.339 e. The standard InChI is InChI=1S/C18H25ClO4/c1-5-12-10-14(18(22)23-6-2)15(17(20)21)13(16(12)19)9-7-8-11(3)4/h10-11H,5-9H2,1-4H3,(H,20,21). The van der Waals surface area contributed by atoms with Crippen LogP contribution in [0, 0.1) is 5.92 Å². The third kappa shape index (κ3) is 4.96. The van der Waals surface area contributed by atoms with Crippen molar-refractivity contribution in [2.45, 2.75) is 53.4 Å². The smallest absolute Gasteiger partial charge is 0.339 e. The molecule has 1 aromatic carbocycles. The number of ether oxygens (including phenoxy) is 1. The predicted octanol–water partition coefficient (Wildman–Crippen LogP) is 4.76. The van der Waals surface area contributed by atoms with Gasteiger partial charge >= 0.3 is 11.9 Å². The zero-order valence-electron chi connectivity index (χ0n) is 14.2. The number of esters is 1. The first-order valence-corrected chi connectivity index (χ1v) is 8.45. The largest absolute Gasteiger partial charge is 0.478 e. The number of aryl methyl sites for hydroxylation is 1. The van der Waals surface area contributed by atoms with E-state index in [0.29, 0.717) is 29.3 Å². The lowest BCUT2D eigenvalue weighted by Gasteiger charge is -2.16. The van der Waals surface area contributed by atoms with Crippen LogP contribution in [-0.2, 0) is 17.6 Å². The monoisotopic (exact) mass is 340 g/mol. The first-order chi connectivity index (χ1) is 10.8. The van der Waals surface area contributed by atoms with Crippen LogP contribution in [0.25, 0.3) is 0 Å². The van der Waals surface area contributed by atoms with E-state index in [2.05, 4.69) is 13.8 Å². The molecule has 0 aromatic heterocycles. The molecule has 0 atom stereocenters. The first-order valence-electron chi connectivity index (χ1n) is 8.08. The average Bonchev–Trinajstić information content (AvgIpc) is 2.47. The summed E-state index contributed by atoms with van der Waals surface area (Å²) >= 11 is 6.41. The summed E-state index contributed by atoms with van der Waals surface area (Å²) in [6.07, 6.45) is 2.97. The Morgan fingerprint density at radius 1 is 1.30 bits per heavy atom. The van der Waals surface area contributed by atoms with Gasteiger partial charge in [-0.1, -0.05) is 38.8 Å². The lowest BCUT2D eigenvalue weighted by atomic mass is 9.92. The van der Waals surface area contributed by atoms with E-state index in [1.165, 1.54) is 0 Å². The van der Waals surface area contributed by atoms with Crippen molar-refractivity contribution in [3.63, 3.8) is 0 Å². The SMILES string of the molecule is CCOC(=O)c1cc(CC)c(Cl)c(CCCC(C)C)c1C(=O)O. The van der Waals surface area contributed by atoms with Crippen LogP contribution >= 0.6 is 11.6 Å². The molecule has 5 heteroatoms. The van der Waals surface area contributed by atoms with Crippen molar-refractivity contribution < 1.29 is 19.4 Å². The Labute approximate surface area is 142 Å². The molecule has 1 N–H and O–H groups in total. The van der Waals surface area contributed by atoms with Gasteiger partial charge in [-0.15, -0.1) is 0 Å². The van der Waals surface area contributed by atoms with Gasteiger partial charge < -0.3 is 9.84 Å². The number of aromatic carboxylic acids is 1. The molecular weight excluding hydrogens is 316 g/mol. The molecule has 0 unspecified atom stereocenters. The van der Waals surface area contributed by atoms with Gasteiger partial charge in [0.2, 0.25) is 0 Å². The van der Waals surface area contributed by atoms with Gasteiger partial charge in [0.15, 0.2) is 0 Å². The molecule has 23 heavy (non-hydrogen) atoms. The van der Waals surface area contributed by atoms with Gasteiger partial charge in [-0.3, -0.25) is 0 Å². The second-order valence-corrected chi connectivity index (χ2v) is 6.29. The molecule has 128 valence electrons. The van der Waals surface area contributed by atoms with Crippen LogP contribution in [0.1, 0.15) is 72.4 Å². The van der Waals surface area contributed by atoms with Crippen molar-refractivity contribution in [2.75, 3.05) is 6.61 Å². The number of benzene rings is 1. The summed E-state index contributed by atoms with van der Waals surface area (Å²) in [5, 5.41) is 10.1. The topological polar surface area (TPSA) is 63.6 Å². The van der Waals surface area contributed by atoms with Crippen LogP contribution in [-0.4, -0.2) is 23.7 Å². The van der Waals surface area contributed by atoms with Crippen molar-refractivity contribution in [1.82, 2.24) is 0 Å². The second-order valence-electron chi connectivity index (χ2n) is 5.92. The highest BCUT2D eigenvalue weighted by Gasteiger charge is 2.25. The minimum absolute atomic E-state index is 0.0191. The van der Waals surface area contributed by atoms with E-state index in [1.54, 1.807) is 13.0 Å². The zero-order valence-corrected chi connectivity index (χ0v) is 15.0. The van der Waals surface area contributed by atoms with Crippen LogP contribution < -0.4 is 0 Å². The van der Waals surface area contributed by atoms with Gasteiger partial charge in [-0.05, 0) is 49.3 Å². The van der Waals surface area contributed by atoms with Gasteiger partial charge in [0.1, 0.15) is 0 Å². The van der Waals surface area contributed by atoms with Crippen molar-refractivity contribution in [3.8, 4) is 0 Å². The van der Waals surface area contributed by atoms with E-state index < -0.39 is 11.9 Å². The molecule has 0 radical (unpaired) electrons. The summed E-state index contributed by atoms with van der Waals surface area (Å²) in [5.74, 6) is -1.22. The van der Waals surface area contributed by atoms with Crippen molar-refractivity contribution in [1.29, 1.82) is 0 Å². The fraction of sp³-hybridized carbons (Fsp3) is 0.556. The second kappa shape index (κ2) is 8.92. The number of hydrogen-bond acceptors (Lipinski definition) is 3. The molecule has 0 amide bonds. The molecule has 0 saturated carbocycles. The Morgan fingerprint density at radius 3 is 2.43 bits per heavy atom. The summed E-state index contributed by atoms with van der Waals surface area (Å²) in [6, 6.07) is 1.55. The molecule has 0 spiro atoms. The van der Waals surface area contributed by atoms with E-state index in [4.69, 9.17) is 16.3 Å². The Bertz CT molecular complexity index is 579. The average molecular weight is 341 g/mol. The van der Waals surface area contributed by atoms with Gasteiger partial charge in [-0.2, -0.15) is 0 Å². The van der Waals surface area contributed by atoms with Gasteiger partial charge in [0.25, 0.3) is 0 Å². The van der Waals surface area contributed by atoms with Crippen molar-refractivity contribution >= 4 is 23.5 Å². The summed E-state index contributed by atoms with van der Waals surface area (Å²) in [5.41, 5.74) is 1.40. The third-order valence-corrected chi connectivity index (χ3v) is 4.21. The molecule has 0 heterocycles. The highest BCUT2D eigenvalue weighted by atomic mass is 35.5. The van der Waals surface area contributed by atoms with Crippen LogP contribution in [0.15, 0.2) is 6.07 Å². The number of carboxylic acid groups (broad SMARTS) is 1. The Hall–Kier alpha value is -1.55. The maximum absolute atomic E-state index is 12.2. The highest BCUT2D eigenvalue weighted by molar-refractivity contribution is 6.33. The molecule has 1 aromatic rings. The summed E-state index contributed by atoms with van der Waals surface area (Å²) in [4.78, 5) is 23.9. The Balaban J connectivity index is 3.40. The zero-order chi connectivity index (χ0) is 17.6. The number of hydrogen-bond donors (Lipinski definition) is 1. The lowest BCUT2D eigenvalue weighted by molar-refractivity contribution is 0.0514. The molecule has 4 nitrogen and oxygen atoms in total. The maximum atomic E-state index is 12.2. The molecule has 0 aliphatic rings. The minimum atomic E-state index is -1.14. The lowest BCUT2D eigenvalue weighted by Crippen LogP contribution is -2.16. The number of rotatable bonds is 8. The highest BCUT2D eigenvalue weighted by Crippen LogP contribution is 2.31. The molecule has 1 rings (SSSR count). The van der Waals surface area contributed by atoms with Gasteiger partial charge in [-0.25, -0.2) is 9.59 Å². The normalized spacial score (nSPS) is 10.9.